The molecule has 2 heteroatoms. The van der Waals surface area contributed by atoms with E-state index < -0.39 is 0 Å². The highest BCUT2D eigenvalue weighted by Crippen LogP contribution is 2.06. The van der Waals surface area contributed by atoms with E-state index >= 15 is 0 Å². The molecule has 0 aromatic rings. The molecule has 1 heterocycles. The smallest absolute Gasteiger partial charge is 0.147 e. The number of hydrogen-bond donors (Lipinski definition) is 0. The summed E-state index contributed by atoms with van der Waals surface area (Å²) in [4.78, 5) is 0. The van der Waals surface area contributed by atoms with E-state index in [1.165, 1.54) is 0 Å². The molecule has 1 saturated heterocycles. The van der Waals surface area contributed by atoms with E-state index in [1.54, 1.807) is 0 Å². The summed E-state index contributed by atoms with van der Waals surface area (Å²) >= 11 is 0. The lowest BCUT2D eigenvalue weighted by Gasteiger charge is -2.01. The molecule has 0 N–H and O–H groups in total. The van der Waals surface area contributed by atoms with Crippen molar-refractivity contribution in [3.8, 4) is 0 Å². The minimum atomic E-state index is 0.264. The predicted octanol–water partition coefficient (Wildman–Crippen LogP) is 0.974. The van der Waals surface area contributed by atoms with Gasteiger partial charge in [0, 0.05) is 0 Å². The third-order valence-electron chi connectivity index (χ3n) is 1.15. The summed E-state index contributed by atoms with van der Waals surface area (Å²) < 4.78 is 10.1. The average Bonchev–Trinajstić information content (AvgIpc) is 2.19. The monoisotopic (exact) mass is 115 g/mol. The lowest BCUT2D eigenvalue weighted by molar-refractivity contribution is 0.0536. The number of ether oxygens (including phenoxy) is 2. The molecular weight excluding hydrogens is 104 g/mol. The normalized spacial score (nSPS) is 28.9. The molecule has 47 valence electrons. The quantitative estimate of drug-likeness (QED) is 0.534. The van der Waals surface area contributed by atoms with Gasteiger partial charge in [-0.25, -0.2) is 0 Å². The van der Waals surface area contributed by atoms with Crippen molar-refractivity contribution in [2.75, 3.05) is 13.4 Å². The van der Waals surface area contributed by atoms with Crippen LogP contribution >= 0.6 is 0 Å². The third-order valence-corrected chi connectivity index (χ3v) is 1.15. The Morgan fingerprint density at radius 3 is 3.12 bits per heavy atom. The van der Waals surface area contributed by atoms with Gasteiger partial charge in [-0.3, -0.25) is 0 Å². The van der Waals surface area contributed by atoms with Gasteiger partial charge in [0.15, 0.2) is 0 Å². The van der Waals surface area contributed by atoms with E-state index in [2.05, 4.69) is 13.3 Å². The van der Waals surface area contributed by atoms with Crippen molar-refractivity contribution in [2.24, 2.45) is 0 Å². The van der Waals surface area contributed by atoms with E-state index in [0.717, 1.165) is 13.0 Å². The summed E-state index contributed by atoms with van der Waals surface area (Å²) in [5.41, 5.74) is 0. The molecule has 0 aromatic carbocycles. The molecule has 1 aliphatic heterocycles. The number of hydrogen-bond acceptors (Lipinski definition) is 2. The van der Waals surface area contributed by atoms with Gasteiger partial charge in [-0.15, -0.1) is 0 Å². The second kappa shape index (κ2) is 3.05. The molecule has 1 aliphatic rings. The van der Waals surface area contributed by atoms with Crippen molar-refractivity contribution in [2.45, 2.75) is 19.4 Å². The summed E-state index contributed by atoms with van der Waals surface area (Å²) in [6, 6.07) is 0. The van der Waals surface area contributed by atoms with E-state index in [9.17, 15) is 0 Å². The summed E-state index contributed by atoms with van der Waals surface area (Å²) in [7, 11) is 0. The molecule has 0 aliphatic carbocycles. The van der Waals surface area contributed by atoms with Crippen LogP contribution in [0.2, 0.25) is 0 Å². The lowest BCUT2D eigenvalue weighted by Crippen LogP contribution is -2.08. The molecule has 1 radical (unpaired) electrons. The summed E-state index contributed by atoms with van der Waals surface area (Å²) in [5, 5.41) is 0. The van der Waals surface area contributed by atoms with Crippen LogP contribution in [0, 0.1) is 6.42 Å². The zero-order valence-electron chi connectivity index (χ0n) is 5.09. The molecule has 0 bridgehead atoms. The zero-order chi connectivity index (χ0) is 5.82. The first-order valence-corrected chi connectivity index (χ1v) is 2.96. The standard InChI is InChI=1S/C6H11O2/c1-2-3-6-4-7-5-8-6/h3,6H,2,4-5H2,1H3. The highest BCUT2D eigenvalue weighted by Gasteiger charge is 2.13. The predicted molar refractivity (Wildman–Crippen MR) is 30.3 cm³/mol. The maximum absolute atomic E-state index is 5.12. The van der Waals surface area contributed by atoms with Gasteiger partial charge in [-0.2, -0.15) is 0 Å². The lowest BCUT2D eigenvalue weighted by atomic mass is 10.2. The van der Waals surface area contributed by atoms with Crippen LogP contribution in [0.5, 0.6) is 0 Å². The Bertz CT molecular complexity index is 57.5. The highest BCUT2D eigenvalue weighted by atomic mass is 16.7. The Kier molecular flexibility index (Phi) is 2.30. The maximum atomic E-state index is 5.12. The topological polar surface area (TPSA) is 18.5 Å². The molecule has 0 amide bonds. The second-order valence-electron chi connectivity index (χ2n) is 1.84. The molecule has 1 rings (SSSR count). The maximum Gasteiger partial charge on any atom is 0.147 e. The van der Waals surface area contributed by atoms with Crippen molar-refractivity contribution in [3.05, 3.63) is 6.42 Å². The highest BCUT2D eigenvalue weighted by molar-refractivity contribution is 4.76. The van der Waals surface area contributed by atoms with Gasteiger partial charge in [0.25, 0.3) is 0 Å². The average molecular weight is 115 g/mol. The van der Waals surface area contributed by atoms with Gasteiger partial charge in [-0.1, -0.05) is 13.3 Å². The molecule has 8 heavy (non-hydrogen) atoms. The molecule has 0 spiro atoms. The van der Waals surface area contributed by atoms with Gasteiger partial charge >= 0.3 is 0 Å². The van der Waals surface area contributed by atoms with E-state index in [0.29, 0.717) is 6.79 Å². The first-order valence-electron chi connectivity index (χ1n) is 2.96. The van der Waals surface area contributed by atoms with Crippen LogP contribution in [0.15, 0.2) is 0 Å². The fourth-order valence-corrected chi connectivity index (χ4v) is 0.747. The molecule has 1 unspecified atom stereocenters. The molecule has 1 atom stereocenters. The van der Waals surface area contributed by atoms with Gasteiger partial charge in [-0.05, 0) is 6.42 Å². The van der Waals surface area contributed by atoms with Gasteiger partial charge in [0.05, 0.1) is 12.7 Å². The minimum Gasteiger partial charge on any atom is -0.353 e. The Labute approximate surface area is 49.8 Å². The van der Waals surface area contributed by atoms with Gasteiger partial charge < -0.3 is 9.47 Å². The second-order valence-corrected chi connectivity index (χ2v) is 1.84. The summed E-state index contributed by atoms with van der Waals surface area (Å²) in [5.74, 6) is 0. The van der Waals surface area contributed by atoms with Crippen molar-refractivity contribution in [1.29, 1.82) is 0 Å². The summed E-state index contributed by atoms with van der Waals surface area (Å²) in [6.45, 7) is 3.32. The molecule has 0 aromatic heterocycles. The first-order chi connectivity index (χ1) is 3.93. The van der Waals surface area contributed by atoms with Crippen molar-refractivity contribution < 1.29 is 9.47 Å². The van der Waals surface area contributed by atoms with Crippen molar-refractivity contribution >= 4 is 0 Å². The minimum absolute atomic E-state index is 0.264. The molecule has 0 saturated carbocycles. The third kappa shape index (κ3) is 1.46. The van der Waals surface area contributed by atoms with Crippen LogP contribution in [0.25, 0.3) is 0 Å². The fraction of sp³-hybridized carbons (Fsp3) is 0.833. The Balaban J connectivity index is 2.06. The van der Waals surface area contributed by atoms with Gasteiger partial charge in [0.1, 0.15) is 6.79 Å². The molecular formula is C6H11O2. The SMILES string of the molecule is CC[CH]C1COCO1. The van der Waals surface area contributed by atoms with Crippen LogP contribution < -0.4 is 0 Å². The van der Waals surface area contributed by atoms with Crippen molar-refractivity contribution in [1.82, 2.24) is 0 Å². The van der Waals surface area contributed by atoms with Crippen LogP contribution in [0.1, 0.15) is 13.3 Å². The Morgan fingerprint density at radius 1 is 1.75 bits per heavy atom. The van der Waals surface area contributed by atoms with E-state index in [-0.39, 0.29) is 6.10 Å². The van der Waals surface area contributed by atoms with Crippen LogP contribution in [-0.2, 0) is 9.47 Å². The van der Waals surface area contributed by atoms with Crippen LogP contribution in [0.3, 0.4) is 0 Å². The Hall–Kier alpha value is -0.0800. The van der Waals surface area contributed by atoms with E-state index in [1.807, 2.05) is 0 Å². The number of rotatable bonds is 2. The van der Waals surface area contributed by atoms with Crippen LogP contribution in [0.4, 0.5) is 0 Å². The Morgan fingerprint density at radius 2 is 2.62 bits per heavy atom. The molecule has 1 fully saturated rings. The van der Waals surface area contributed by atoms with Crippen molar-refractivity contribution in [3.63, 3.8) is 0 Å². The fourth-order valence-electron chi connectivity index (χ4n) is 0.747. The molecule has 2 nitrogen and oxygen atoms in total. The first kappa shape index (κ1) is 6.05. The summed E-state index contributed by atoms with van der Waals surface area (Å²) in [6.07, 6.45) is 3.45. The largest absolute Gasteiger partial charge is 0.353 e. The zero-order valence-corrected chi connectivity index (χ0v) is 5.09. The van der Waals surface area contributed by atoms with E-state index in [4.69, 9.17) is 9.47 Å². The van der Waals surface area contributed by atoms with Crippen LogP contribution in [-0.4, -0.2) is 19.5 Å². The van der Waals surface area contributed by atoms with Gasteiger partial charge in [0.2, 0.25) is 0 Å².